The van der Waals surface area contributed by atoms with Crippen molar-refractivity contribution >= 4 is 28.7 Å². The molecular formula is C20H30ClN3O2. The molecule has 1 heterocycles. The molecule has 0 fully saturated rings. The molecule has 0 saturated heterocycles. The molecule has 0 aliphatic rings. The summed E-state index contributed by atoms with van der Waals surface area (Å²) in [7, 11) is 0. The summed E-state index contributed by atoms with van der Waals surface area (Å²) < 4.78 is 2.82. The summed E-state index contributed by atoms with van der Waals surface area (Å²) in [6, 6.07) is 4.95. The highest BCUT2D eigenvalue weighted by molar-refractivity contribution is 6.31. The van der Waals surface area contributed by atoms with E-state index in [1.807, 2.05) is 6.92 Å². The van der Waals surface area contributed by atoms with Crippen molar-refractivity contribution in [1.29, 1.82) is 0 Å². The second-order valence-corrected chi connectivity index (χ2v) is 7.22. The SMILES string of the molecule is CCCCCCC(CCC)NC(=O)n1c(=O)n(CC)c2ccc(Cl)cc21. The van der Waals surface area contributed by atoms with Crippen molar-refractivity contribution in [3.05, 3.63) is 33.7 Å². The van der Waals surface area contributed by atoms with Gasteiger partial charge in [-0.05, 0) is 38.0 Å². The maximum Gasteiger partial charge on any atom is 0.337 e. The molecule has 0 saturated carbocycles. The zero-order valence-electron chi connectivity index (χ0n) is 16.1. The van der Waals surface area contributed by atoms with Crippen LogP contribution in [-0.4, -0.2) is 21.2 Å². The third-order valence-corrected chi connectivity index (χ3v) is 5.02. The van der Waals surface area contributed by atoms with Crippen molar-refractivity contribution in [3.8, 4) is 0 Å². The number of halogens is 1. The Kier molecular flexibility index (Phi) is 7.76. The maximum atomic E-state index is 12.9. The lowest BCUT2D eigenvalue weighted by Gasteiger charge is -2.18. The quantitative estimate of drug-likeness (QED) is 0.611. The number of rotatable bonds is 9. The third-order valence-electron chi connectivity index (χ3n) is 4.78. The van der Waals surface area contributed by atoms with E-state index in [1.54, 1.807) is 22.8 Å². The Balaban J connectivity index is 2.26. The minimum Gasteiger partial charge on any atom is -0.335 e. The number of imidazole rings is 1. The van der Waals surface area contributed by atoms with Gasteiger partial charge < -0.3 is 5.32 Å². The zero-order chi connectivity index (χ0) is 19.1. The first kappa shape index (κ1) is 20.6. The summed E-state index contributed by atoms with van der Waals surface area (Å²) in [6.45, 7) is 6.70. The van der Waals surface area contributed by atoms with Gasteiger partial charge >= 0.3 is 11.7 Å². The number of hydrogen-bond acceptors (Lipinski definition) is 2. The predicted octanol–water partition coefficient (Wildman–Crippen LogP) is 5.17. The summed E-state index contributed by atoms with van der Waals surface area (Å²) in [5, 5.41) is 3.58. The van der Waals surface area contributed by atoms with E-state index in [0.717, 1.165) is 31.2 Å². The molecule has 1 aromatic carbocycles. The Bertz CT molecular complexity index is 794. The predicted molar refractivity (Wildman–Crippen MR) is 108 cm³/mol. The molecule has 0 spiro atoms. The summed E-state index contributed by atoms with van der Waals surface area (Å²) in [5.74, 6) is 0. The van der Waals surface area contributed by atoms with Crippen LogP contribution in [0.15, 0.2) is 23.0 Å². The lowest BCUT2D eigenvalue weighted by Crippen LogP contribution is -2.42. The molecule has 26 heavy (non-hydrogen) atoms. The molecule has 1 N–H and O–H groups in total. The number of nitrogens with one attached hydrogen (secondary N) is 1. The second kappa shape index (κ2) is 9.81. The fourth-order valence-corrected chi connectivity index (χ4v) is 3.59. The molecule has 144 valence electrons. The number of aryl methyl sites for hydroxylation is 1. The molecule has 1 amide bonds. The Morgan fingerprint density at radius 3 is 2.50 bits per heavy atom. The molecular weight excluding hydrogens is 350 g/mol. The van der Waals surface area contributed by atoms with Crippen LogP contribution in [0.25, 0.3) is 11.0 Å². The van der Waals surface area contributed by atoms with E-state index in [9.17, 15) is 9.59 Å². The number of hydrogen-bond donors (Lipinski definition) is 1. The Morgan fingerprint density at radius 2 is 1.85 bits per heavy atom. The molecule has 0 radical (unpaired) electrons. The van der Waals surface area contributed by atoms with Crippen molar-refractivity contribution in [2.24, 2.45) is 0 Å². The molecule has 2 rings (SSSR count). The summed E-state index contributed by atoms with van der Waals surface area (Å²) >= 11 is 6.10. The highest BCUT2D eigenvalue weighted by Gasteiger charge is 2.20. The topological polar surface area (TPSA) is 56.0 Å². The first-order valence-electron chi connectivity index (χ1n) is 9.75. The number of benzene rings is 1. The Hall–Kier alpha value is -1.75. The number of carbonyl (C=O) groups is 1. The van der Waals surface area contributed by atoms with Crippen molar-refractivity contribution in [2.45, 2.75) is 78.3 Å². The van der Waals surface area contributed by atoms with Gasteiger partial charge in [0.2, 0.25) is 0 Å². The van der Waals surface area contributed by atoms with Crippen molar-refractivity contribution in [1.82, 2.24) is 14.5 Å². The fourth-order valence-electron chi connectivity index (χ4n) is 3.43. The average Bonchev–Trinajstić information content (AvgIpc) is 2.89. The van der Waals surface area contributed by atoms with Gasteiger partial charge in [-0.1, -0.05) is 57.6 Å². The Morgan fingerprint density at radius 1 is 1.08 bits per heavy atom. The molecule has 1 atom stereocenters. The third kappa shape index (κ3) is 4.70. The normalized spacial score (nSPS) is 12.5. The van der Waals surface area contributed by atoms with Crippen LogP contribution in [0.3, 0.4) is 0 Å². The average molecular weight is 380 g/mol. The van der Waals surface area contributed by atoms with Crippen LogP contribution in [0.1, 0.15) is 65.7 Å². The molecule has 0 bridgehead atoms. The molecule has 5 nitrogen and oxygen atoms in total. The first-order chi connectivity index (χ1) is 12.5. The maximum absolute atomic E-state index is 12.9. The van der Waals surface area contributed by atoms with Gasteiger partial charge in [-0.25, -0.2) is 14.2 Å². The van der Waals surface area contributed by atoms with E-state index in [4.69, 9.17) is 11.6 Å². The van der Waals surface area contributed by atoms with Gasteiger partial charge in [0.15, 0.2) is 0 Å². The van der Waals surface area contributed by atoms with Crippen LogP contribution in [0, 0.1) is 0 Å². The van der Waals surface area contributed by atoms with Gasteiger partial charge in [0.25, 0.3) is 0 Å². The van der Waals surface area contributed by atoms with E-state index >= 15 is 0 Å². The van der Waals surface area contributed by atoms with E-state index < -0.39 is 0 Å². The monoisotopic (exact) mass is 379 g/mol. The van der Waals surface area contributed by atoms with Crippen LogP contribution in [0.4, 0.5) is 4.79 Å². The highest BCUT2D eigenvalue weighted by Crippen LogP contribution is 2.19. The van der Waals surface area contributed by atoms with Crippen LogP contribution in [0.2, 0.25) is 5.02 Å². The zero-order valence-corrected chi connectivity index (χ0v) is 16.8. The largest absolute Gasteiger partial charge is 0.337 e. The van der Waals surface area contributed by atoms with Crippen molar-refractivity contribution in [2.75, 3.05) is 0 Å². The fraction of sp³-hybridized carbons (Fsp3) is 0.600. The summed E-state index contributed by atoms with van der Waals surface area (Å²) in [6.07, 6.45) is 7.54. The lowest BCUT2D eigenvalue weighted by molar-refractivity contribution is 0.236. The number of amides is 1. The van der Waals surface area contributed by atoms with Gasteiger partial charge in [0.1, 0.15) is 0 Å². The molecule has 0 aliphatic carbocycles. The highest BCUT2D eigenvalue weighted by atomic mass is 35.5. The van der Waals surface area contributed by atoms with Gasteiger partial charge in [-0.2, -0.15) is 0 Å². The van der Waals surface area contributed by atoms with Crippen LogP contribution in [-0.2, 0) is 6.54 Å². The number of unbranched alkanes of at least 4 members (excludes halogenated alkanes) is 3. The van der Waals surface area contributed by atoms with Crippen LogP contribution >= 0.6 is 11.6 Å². The molecule has 1 unspecified atom stereocenters. The van der Waals surface area contributed by atoms with E-state index in [2.05, 4.69) is 19.2 Å². The van der Waals surface area contributed by atoms with Crippen molar-refractivity contribution < 1.29 is 4.79 Å². The Labute approximate surface area is 160 Å². The van der Waals surface area contributed by atoms with Gasteiger partial charge in [0, 0.05) is 17.6 Å². The van der Waals surface area contributed by atoms with E-state index in [0.29, 0.717) is 17.1 Å². The van der Waals surface area contributed by atoms with E-state index in [-0.39, 0.29) is 17.8 Å². The smallest absolute Gasteiger partial charge is 0.335 e. The van der Waals surface area contributed by atoms with Crippen LogP contribution in [0.5, 0.6) is 0 Å². The minimum atomic E-state index is -0.358. The number of carbonyl (C=O) groups excluding carboxylic acids is 1. The van der Waals surface area contributed by atoms with Gasteiger partial charge in [-0.3, -0.25) is 4.57 Å². The van der Waals surface area contributed by atoms with Gasteiger partial charge in [0.05, 0.1) is 11.0 Å². The number of aromatic nitrogens is 2. The number of fused-ring (bicyclic) bond motifs is 1. The second-order valence-electron chi connectivity index (χ2n) is 6.78. The first-order valence-corrected chi connectivity index (χ1v) is 10.1. The van der Waals surface area contributed by atoms with Crippen molar-refractivity contribution in [3.63, 3.8) is 0 Å². The minimum absolute atomic E-state index is 0.0930. The van der Waals surface area contributed by atoms with Gasteiger partial charge in [-0.15, -0.1) is 0 Å². The standard InChI is InChI=1S/C20H30ClN3O2/c1-4-7-8-9-11-16(10-5-2)22-19(25)24-18-14-15(21)12-13-17(18)23(6-3)20(24)26/h12-14,16H,4-11H2,1-3H3,(H,22,25). The molecule has 1 aromatic heterocycles. The molecule has 6 heteroatoms. The van der Waals surface area contributed by atoms with Crippen LogP contribution < -0.4 is 11.0 Å². The number of nitrogens with zero attached hydrogens (tertiary/aromatic N) is 2. The summed E-state index contributed by atoms with van der Waals surface area (Å²) in [4.78, 5) is 25.6. The van der Waals surface area contributed by atoms with E-state index in [1.165, 1.54) is 23.8 Å². The lowest BCUT2D eigenvalue weighted by atomic mass is 10.0. The summed E-state index contributed by atoms with van der Waals surface area (Å²) in [5.41, 5.74) is 0.971. The molecule has 0 aliphatic heterocycles. The molecule has 2 aromatic rings.